The maximum atomic E-state index is 12.7. The summed E-state index contributed by atoms with van der Waals surface area (Å²) in [6.07, 6.45) is 0. The lowest BCUT2D eigenvalue weighted by Gasteiger charge is -2.14. The molecule has 1 amide bonds. The second-order valence-corrected chi connectivity index (χ2v) is 6.25. The molecule has 31 heavy (non-hydrogen) atoms. The molecule has 1 heterocycles. The summed E-state index contributed by atoms with van der Waals surface area (Å²) in [7, 11) is 4.46. The van der Waals surface area contributed by atoms with Gasteiger partial charge >= 0.3 is 5.97 Å². The van der Waals surface area contributed by atoms with Crippen LogP contribution in [0.2, 0.25) is 0 Å². The van der Waals surface area contributed by atoms with Crippen LogP contribution >= 0.6 is 0 Å². The number of hydrogen-bond acceptors (Lipinski definition) is 9. The van der Waals surface area contributed by atoms with Gasteiger partial charge in [-0.15, -0.1) is 0 Å². The predicted octanol–water partition coefficient (Wildman–Crippen LogP) is 3.08. The number of carbonyl (C=O) groups excluding carboxylic acids is 2. The Bertz CT molecular complexity index is 1080. The van der Waals surface area contributed by atoms with Crippen molar-refractivity contribution in [3.63, 3.8) is 0 Å². The molecule has 10 heteroatoms. The highest BCUT2D eigenvalue weighted by Crippen LogP contribution is 2.34. The molecule has 0 atom stereocenters. The fraction of sp³-hybridized carbons (Fsp3) is 0.238. The first kappa shape index (κ1) is 21.6. The van der Waals surface area contributed by atoms with Gasteiger partial charge < -0.3 is 28.8 Å². The van der Waals surface area contributed by atoms with Crippen LogP contribution in [0.1, 0.15) is 23.1 Å². The van der Waals surface area contributed by atoms with Gasteiger partial charge in [0.25, 0.3) is 5.89 Å². The van der Waals surface area contributed by atoms with E-state index >= 15 is 0 Å². The van der Waals surface area contributed by atoms with Gasteiger partial charge in [0.15, 0.2) is 18.1 Å². The van der Waals surface area contributed by atoms with E-state index in [2.05, 4.69) is 15.5 Å². The number of hydrogen-bond donors (Lipinski definition) is 1. The highest BCUT2D eigenvalue weighted by atomic mass is 16.5. The zero-order chi connectivity index (χ0) is 22.4. The Morgan fingerprint density at radius 3 is 2.29 bits per heavy atom. The average Bonchev–Trinajstić information content (AvgIpc) is 3.25. The first-order valence-electron chi connectivity index (χ1n) is 9.13. The molecule has 0 aliphatic rings. The number of amides is 1. The van der Waals surface area contributed by atoms with Crippen LogP contribution in [0.15, 0.2) is 40.9 Å². The number of anilines is 1. The Morgan fingerprint density at radius 1 is 1.00 bits per heavy atom. The summed E-state index contributed by atoms with van der Waals surface area (Å²) in [5.41, 5.74) is 1.01. The van der Waals surface area contributed by atoms with Crippen molar-refractivity contribution in [2.24, 2.45) is 0 Å². The summed E-state index contributed by atoms with van der Waals surface area (Å²) < 4.78 is 26.1. The monoisotopic (exact) mass is 427 g/mol. The Hall–Kier alpha value is -4.08. The number of carbonyl (C=O) groups is 2. The van der Waals surface area contributed by atoms with Gasteiger partial charge in [0, 0.05) is 24.6 Å². The molecule has 0 aliphatic heterocycles. The number of benzene rings is 2. The van der Waals surface area contributed by atoms with E-state index in [1.807, 2.05) is 0 Å². The summed E-state index contributed by atoms with van der Waals surface area (Å²) in [6, 6.07) is 9.97. The molecule has 0 saturated carbocycles. The lowest BCUT2D eigenvalue weighted by molar-refractivity contribution is -0.114. The third kappa shape index (κ3) is 5.10. The van der Waals surface area contributed by atoms with Gasteiger partial charge in [0.05, 0.1) is 32.6 Å². The largest absolute Gasteiger partial charge is 0.497 e. The van der Waals surface area contributed by atoms with Crippen LogP contribution in [0, 0.1) is 0 Å². The molecule has 3 rings (SSSR count). The quantitative estimate of drug-likeness (QED) is 0.540. The van der Waals surface area contributed by atoms with Crippen molar-refractivity contribution in [1.82, 2.24) is 10.1 Å². The molecule has 3 aromatic rings. The van der Waals surface area contributed by atoms with Gasteiger partial charge in [-0.25, -0.2) is 4.79 Å². The molecule has 0 aliphatic carbocycles. The van der Waals surface area contributed by atoms with Crippen LogP contribution in [0.4, 0.5) is 5.69 Å². The van der Waals surface area contributed by atoms with Gasteiger partial charge in [-0.1, -0.05) is 5.16 Å². The molecule has 1 aromatic heterocycles. The lowest BCUT2D eigenvalue weighted by Crippen LogP contribution is -2.14. The van der Waals surface area contributed by atoms with Crippen LogP contribution in [0.3, 0.4) is 0 Å². The summed E-state index contributed by atoms with van der Waals surface area (Å²) in [6.45, 7) is 1.10. The number of nitrogens with zero attached hydrogens (tertiary/aromatic N) is 2. The third-order valence-corrected chi connectivity index (χ3v) is 4.19. The minimum atomic E-state index is -0.708. The Kier molecular flexibility index (Phi) is 6.71. The highest BCUT2D eigenvalue weighted by Gasteiger charge is 2.20. The minimum absolute atomic E-state index is 0.0896. The van der Waals surface area contributed by atoms with Crippen molar-refractivity contribution in [2.45, 2.75) is 13.5 Å². The molecule has 1 N–H and O–H groups in total. The first-order valence-corrected chi connectivity index (χ1v) is 9.13. The minimum Gasteiger partial charge on any atom is -0.497 e. The fourth-order valence-electron chi connectivity index (χ4n) is 2.71. The van der Waals surface area contributed by atoms with Crippen molar-refractivity contribution < 1.29 is 33.1 Å². The summed E-state index contributed by atoms with van der Waals surface area (Å²) >= 11 is 0. The molecule has 0 fully saturated rings. The zero-order valence-electron chi connectivity index (χ0n) is 17.4. The van der Waals surface area contributed by atoms with E-state index < -0.39 is 5.97 Å². The molecule has 0 bridgehead atoms. The van der Waals surface area contributed by atoms with Crippen molar-refractivity contribution in [3.05, 3.63) is 47.8 Å². The van der Waals surface area contributed by atoms with Crippen molar-refractivity contribution in [3.8, 4) is 28.7 Å². The highest BCUT2D eigenvalue weighted by molar-refractivity contribution is 6.01. The molecule has 0 saturated heterocycles. The van der Waals surface area contributed by atoms with Gasteiger partial charge in [-0.05, 0) is 24.3 Å². The Labute approximate surface area is 178 Å². The third-order valence-electron chi connectivity index (χ3n) is 4.19. The van der Waals surface area contributed by atoms with E-state index in [1.54, 1.807) is 31.4 Å². The Balaban J connectivity index is 1.76. The maximum Gasteiger partial charge on any atom is 0.340 e. The van der Waals surface area contributed by atoms with Crippen LogP contribution in [-0.4, -0.2) is 43.3 Å². The van der Waals surface area contributed by atoms with Crippen LogP contribution in [0.5, 0.6) is 17.2 Å². The number of methoxy groups -OCH3 is 3. The van der Waals surface area contributed by atoms with Gasteiger partial charge in [-0.2, -0.15) is 4.98 Å². The summed E-state index contributed by atoms with van der Waals surface area (Å²) in [5, 5.41) is 6.40. The zero-order valence-corrected chi connectivity index (χ0v) is 17.4. The predicted molar refractivity (Wildman–Crippen MR) is 109 cm³/mol. The van der Waals surface area contributed by atoms with E-state index in [1.165, 1.54) is 33.3 Å². The molecular formula is C21H21N3O7. The second kappa shape index (κ2) is 9.61. The van der Waals surface area contributed by atoms with E-state index in [0.717, 1.165) is 0 Å². The van der Waals surface area contributed by atoms with Gasteiger partial charge in [-0.3, -0.25) is 4.79 Å². The molecule has 10 nitrogen and oxygen atoms in total. The molecular weight excluding hydrogens is 406 g/mol. The molecule has 2 aromatic carbocycles. The molecule has 162 valence electrons. The SMILES string of the molecule is COc1ccc(-c2nc(COC(=O)c3cc(OC)c(OC)cc3NC(C)=O)no2)cc1. The number of aromatic nitrogens is 2. The van der Waals surface area contributed by atoms with E-state index in [0.29, 0.717) is 22.8 Å². The van der Waals surface area contributed by atoms with Gasteiger partial charge in [0.2, 0.25) is 11.7 Å². The average molecular weight is 427 g/mol. The number of rotatable bonds is 8. The van der Waals surface area contributed by atoms with E-state index in [4.69, 9.17) is 23.5 Å². The molecule has 0 radical (unpaired) electrons. The number of nitrogens with one attached hydrogen (secondary N) is 1. The van der Waals surface area contributed by atoms with Gasteiger partial charge in [0.1, 0.15) is 5.75 Å². The van der Waals surface area contributed by atoms with Crippen molar-refractivity contribution >= 4 is 17.6 Å². The van der Waals surface area contributed by atoms with Crippen molar-refractivity contribution in [1.29, 1.82) is 0 Å². The number of esters is 1. The fourth-order valence-corrected chi connectivity index (χ4v) is 2.71. The van der Waals surface area contributed by atoms with Crippen LogP contribution in [0.25, 0.3) is 11.5 Å². The van der Waals surface area contributed by atoms with Crippen LogP contribution < -0.4 is 19.5 Å². The number of ether oxygens (including phenoxy) is 4. The summed E-state index contributed by atoms with van der Waals surface area (Å²) in [5.74, 6) is 0.751. The second-order valence-electron chi connectivity index (χ2n) is 6.25. The lowest BCUT2D eigenvalue weighted by atomic mass is 10.1. The normalized spacial score (nSPS) is 10.3. The van der Waals surface area contributed by atoms with Crippen LogP contribution in [-0.2, 0) is 16.1 Å². The van der Waals surface area contributed by atoms with E-state index in [-0.39, 0.29) is 35.5 Å². The maximum absolute atomic E-state index is 12.7. The first-order chi connectivity index (χ1) is 14.9. The standard InChI is InChI=1S/C21H21N3O7/c1-12(25)22-16-10-18(29-4)17(28-3)9-15(16)21(26)30-11-19-23-20(31-24-19)13-5-7-14(27-2)8-6-13/h5-10H,11H2,1-4H3,(H,22,25). The Morgan fingerprint density at radius 2 is 1.68 bits per heavy atom. The molecule has 0 spiro atoms. The summed E-state index contributed by atoms with van der Waals surface area (Å²) in [4.78, 5) is 28.4. The topological polar surface area (TPSA) is 122 Å². The smallest absolute Gasteiger partial charge is 0.340 e. The molecule has 0 unspecified atom stereocenters. The van der Waals surface area contributed by atoms with Crippen molar-refractivity contribution in [2.75, 3.05) is 26.6 Å². The van der Waals surface area contributed by atoms with E-state index in [9.17, 15) is 9.59 Å².